The molecule has 2 saturated carbocycles. The second-order valence-corrected chi connectivity index (χ2v) is 18.7. The van der Waals surface area contributed by atoms with Crippen LogP contribution in [0.3, 0.4) is 0 Å². The summed E-state index contributed by atoms with van der Waals surface area (Å²) in [6.45, 7) is 13.2. The number of allylic oxidation sites excluding steroid dienone is 3. The highest BCUT2D eigenvalue weighted by Crippen LogP contribution is 2.65. The van der Waals surface area contributed by atoms with Gasteiger partial charge in [0.2, 0.25) is 0 Å². The molecular formula is C48H62N2O4. The number of likely N-dealkylation sites (tertiary alicyclic amines) is 1. The number of piperidine rings is 1. The number of rotatable bonds is 9. The molecule has 54 heavy (non-hydrogen) atoms. The topological polar surface area (TPSA) is 67.9 Å². The number of carbonyl (C=O) groups is 2. The Kier molecular flexibility index (Phi) is 9.69. The van der Waals surface area contributed by atoms with Crippen molar-refractivity contribution in [2.75, 3.05) is 26.2 Å². The van der Waals surface area contributed by atoms with Crippen LogP contribution in [0.15, 0.2) is 71.3 Å². The van der Waals surface area contributed by atoms with Gasteiger partial charge < -0.3 is 14.8 Å². The number of hydrogen-bond acceptors (Lipinski definition) is 5. The summed E-state index contributed by atoms with van der Waals surface area (Å²) in [5.41, 5.74) is 9.84. The average molecular weight is 731 g/mol. The highest BCUT2D eigenvalue weighted by Gasteiger charge is 2.61. The number of ether oxygens (including phenoxy) is 2. The minimum Gasteiger partial charge on any atom is -0.449 e. The van der Waals surface area contributed by atoms with Gasteiger partial charge in [0.25, 0.3) is 0 Å². The van der Waals surface area contributed by atoms with Gasteiger partial charge in [-0.05, 0) is 122 Å². The van der Waals surface area contributed by atoms with E-state index in [1.54, 1.807) is 11.1 Å². The summed E-state index contributed by atoms with van der Waals surface area (Å²) in [4.78, 5) is 27.9. The summed E-state index contributed by atoms with van der Waals surface area (Å²) in [5, 5.41) is 3.01. The van der Waals surface area contributed by atoms with Gasteiger partial charge >= 0.3 is 6.09 Å². The van der Waals surface area contributed by atoms with Crippen LogP contribution in [-0.4, -0.2) is 60.8 Å². The predicted octanol–water partition coefficient (Wildman–Crippen LogP) is 10.0. The summed E-state index contributed by atoms with van der Waals surface area (Å²) in [7, 11) is 0. The van der Waals surface area contributed by atoms with Crippen molar-refractivity contribution in [1.82, 2.24) is 10.2 Å². The van der Waals surface area contributed by atoms with Crippen molar-refractivity contribution in [2.45, 2.75) is 128 Å². The number of ketones is 1. The first-order valence-corrected chi connectivity index (χ1v) is 21.6. The normalized spacial score (nSPS) is 35.5. The van der Waals surface area contributed by atoms with E-state index in [-0.39, 0.29) is 23.0 Å². The zero-order chi connectivity index (χ0) is 37.2. The second-order valence-electron chi connectivity index (χ2n) is 18.7. The Morgan fingerprint density at radius 2 is 1.74 bits per heavy atom. The highest BCUT2D eigenvalue weighted by molar-refractivity contribution is 5.83. The van der Waals surface area contributed by atoms with E-state index in [0.29, 0.717) is 61.2 Å². The number of unbranched alkanes of at least 4 members (excludes halogenated alkanes) is 3. The minimum absolute atomic E-state index is 0.0886. The number of alkyl carbamates (subject to hydrolysis) is 1. The maximum Gasteiger partial charge on any atom is 0.407 e. The molecule has 9 atom stereocenters. The van der Waals surface area contributed by atoms with E-state index in [1.165, 1.54) is 66.5 Å². The lowest BCUT2D eigenvalue weighted by Gasteiger charge is -2.47. The molecule has 5 aliphatic carbocycles. The number of nitrogens with one attached hydrogen (secondary N) is 1. The van der Waals surface area contributed by atoms with Gasteiger partial charge in [-0.25, -0.2) is 4.79 Å². The Morgan fingerprint density at radius 3 is 2.52 bits per heavy atom. The molecular weight excluding hydrogens is 669 g/mol. The van der Waals surface area contributed by atoms with Crippen LogP contribution in [-0.2, 0) is 14.3 Å². The smallest absolute Gasteiger partial charge is 0.407 e. The lowest BCUT2D eigenvalue weighted by atomic mass is 9.57. The van der Waals surface area contributed by atoms with Gasteiger partial charge in [-0.1, -0.05) is 99.4 Å². The van der Waals surface area contributed by atoms with Crippen molar-refractivity contribution in [3.63, 3.8) is 0 Å². The van der Waals surface area contributed by atoms with Crippen molar-refractivity contribution in [1.29, 1.82) is 0 Å². The summed E-state index contributed by atoms with van der Waals surface area (Å²) < 4.78 is 13.1. The van der Waals surface area contributed by atoms with Crippen LogP contribution in [0, 0.1) is 35.0 Å². The molecule has 0 aromatic heterocycles. The number of fused-ring (bicyclic) bond motifs is 9. The van der Waals surface area contributed by atoms with Gasteiger partial charge in [0, 0.05) is 43.8 Å². The average Bonchev–Trinajstić information content (AvgIpc) is 3.81. The zero-order valence-corrected chi connectivity index (χ0v) is 33.2. The van der Waals surface area contributed by atoms with Crippen molar-refractivity contribution >= 4 is 11.9 Å². The maximum atomic E-state index is 12.7. The number of hydrogen-bond donors (Lipinski definition) is 1. The SMILES string of the molecule is CC1=C2C[C@H]3[C@@H](CC=C4CC(=O)CC[C@@]43C)[C@@H]2CC[C@]12O[C@@H]1C[C@H](C)CN(CCCCCCNC(=O)OCC3c4ccccc4-c4ccccc43)C1[C@H]2C. The van der Waals surface area contributed by atoms with E-state index in [1.807, 2.05) is 0 Å². The fraction of sp³-hybridized carbons (Fsp3) is 0.625. The third-order valence-electron chi connectivity index (χ3n) is 15.9. The third kappa shape index (κ3) is 6.04. The van der Waals surface area contributed by atoms with Crippen LogP contribution in [0.4, 0.5) is 4.79 Å². The number of benzene rings is 2. The Bertz CT molecular complexity index is 1800. The van der Waals surface area contributed by atoms with E-state index in [0.717, 1.165) is 51.0 Å². The number of amides is 1. The molecule has 0 bridgehead atoms. The predicted molar refractivity (Wildman–Crippen MR) is 214 cm³/mol. The molecule has 2 aromatic rings. The van der Waals surface area contributed by atoms with Crippen LogP contribution in [0.5, 0.6) is 0 Å². The zero-order valence-electron chi connectivity index (χ0n) is 33.2. The fourth-order valence-electron chi connectivity index (χ4n) is 13.2. The molecule has 1 N–H and O–H groups in total. The van der Waals surface area contributed by atoms with Gasteiger partial charge in [0.1, 0.15) is 12.4 Å². The monoisotopic (exact) mass is 730 g/mol. The first-order chi connectivity index (χ1) is 26.2. The Morgan fingerprint density at radius 1 is 1.00 bits per heavy atom. The van der Waals surface area contributed by atoms with Crippen molar-refractivity contribution < 1.29 is 19.1 Å². The van der Waals surface area contributed by atoms with Crippen LogP contribution in [0.1, 0.15) is 122 Å². The Hall–Kier alpha value is -3.22. The second kappa shape index (κ2) is 14.4. The molecule has 288 valence electrons. The third-order valence-corrected chi connectivity index (χ3v) is 15.9. The molecule has 6 nitrogen and oxygen atoms in total. The van der Waals surface area contributed by atoms with E-state index < -0.39 is 0 Å². The summed E-state index contributed by atoms with van der Waals surface area (Å²) in [6, 6.07) is 17.4. The summed E-state index contributed by atoms with van der Waals surface area (Å²) >= 11 is 0. The molecule has 0 radical (unpaired) electrons. The molecule has 1 amide bonds. The standard InChI is InChI=1S/C48H62N2O4/c1-30-25-44-45(32(3)48(54-44)22-20-39-40-18-17-33-26-34(51)19-21-47(33,4)43(40)27-41(39)31(48)2)50(28-30)24-12-6-5-11-23-49-46(52)53-29-42-37-15-9-7-13-35(37)36-14-8-10-16-38(36)42/h7-10,13-17,30,32,39-40,42-45H,5-6,11-12,18-29H2,1-4H3,(H,49,52)/t30-,32+,39-,40-,43-,44+,45?,47-,48-/m0/s1. The van der Waals surface area contributed by atoms with E-state index in [9.17, 15) is 9.59 Å². The van der Waals surface area contributed by atoms with Gasteiger partial charge in [-0.2, -0.15) is 0 Å². The fourth-order valence-corrected chi connectivity index (χ4v) is 13.2. The van der Waals surface area contributed by atoms with Gasteiger partial charge in [0.05, 0.1) is 11.7 Å². The Balaban J connectivity index is 0.761. The minimum atomic E-state index is -0.314. The lowest BCUT2D eigenvalue weighted by Crippen LogP contribution is -2.52. The maximum absolute atomic E-state index is 12.7. The van der Waals surface area contributed by atoms with E-state index in [4.69, 9.17) is 9.47 Å². The summed E-state index contributed by atoms with van der Waals surface area (Å²) in [6.07, 6.45) is 15.4. The molecule has 2 saturated heterocycles. The molecule has 2 aromatic carbocycles. The molecule has 1 unspecified atom stereocenters. The number of carbonyl (C=O) groups excluding carboxylic acids is 2. The molecule has 7 aliphatic rings. The highest BCUT2D eigenvalue weighted by atomic mass is 16.5. The van der Waals surface area contributed by atoms with Crippen molar-refractivity contribution in [3.05, 3.63) is 82.5 Å². The van der Waals surface area contributed by atoms with Crippen LogP contribution in [0.25, 0.3) is 11.1 Å². The first kappa shape index (κ1) is 36.4. The van der Waals surface area contributed by atoms with Gasteiger partial charge in [-0.15, -0.1) is 0 Å². The molecule has 4 fully saturated rings. The number of nitrogens with zero attached hydrogens (tertiary/aromatic N) is 1. The molecule has 2 aliphatic heterocycles. The van der Waals surface area contributed by atoms with Crippen LogP contribution in [0.2, 0.25) is 0 Å². The quantitative estimate of drug-likeness (QED) is 0.206. The molecule has 9 rings (SSSR count). The van der Waals surface area contributed by atoms with Crippen molar-refractivity contribution in [3.8, 4) is 11.1 Å². The molecule has 2 heterocycles. The van der Waals surface area contributed by atoms with Crippen LogP contribution >= 0.6 is 0 Å². The molecule has 6 heteroatoms. The molecule has 1 spiro atoms. The largest absolute Gasteiger partial charge is 0.449 e. The first-order valence-electron chi connectivity index (χ1n) is 21.6. The van der Waals surface area contributed by atoms with Gasteiger partial charge in [-0.3, -0.25) is 9.69 Å². The van der Waals surface area contributed by atoms with Crippen LogP contribution < -0.4 is 5.32 Å². The van der Waals surface area contributed by atoms with Crippen molar-refractivity contribution in [2.24, 2.45) is 35.0 Å². The summed E-state index contributed by atoms with van der Waals surface area (Å²) in [5.74, 6) is 3.78. The number of Topliss-reactive ketones (excluding diaryl/α,β-unsaturated/α-hetero) is 1. The Labute approximate surface area is 323 Å². The van der Waals surface area contributed by atoms with E-state index >= 15 is 0 Å². The van der Waals surface area contributed by atoms with E-state index in [2.05, 4.69) is 92.5 Å². The van der Waals surface area contributed by atoms with Gasteiger partial charge in [0.15, 0.2) is 0 Å². The lowest BCUT2D eigenvalue weighted by molar-refractivity contribution is -0.121.